The quantitative estimate of drug-likeness (QED) is 0.741. The summed E-state index contributed by atoms with van der Waals surface area (Å²) in [6.45, 7) is 8.77. The number of hydrogen-bond donors (Lipinski definition) is 1. The summed E-state index contributed by atoms with van der Waals surface area (Å²) < 4.78 is 11.6. The van der Waals surface area contributed by atoms with Gasteiger partial charge in [0.25, 0.3) is 0 Å². The summed E-state index contributed by atoms with van der Waals surface area (Å²) in [7, 11) is 0. The van der Waals surface area contributed by atoms with Crippen LogP contribution in [0.3, 0.4) is 0 Å². The summed E-state index contributed by atoms with van der Waals surface area (Å²) in [5, 5.41) is 3.47. The Balaban J connectivity index is 1.92. The average molecular weight is 277 g/mol. The average Bonchev–Trinajstić information content (AvgIpc) is 2.96. The molecule has 1 aromatic rings. The number of benzene rings is 1. The molecular weight excluding hydrogens is 250 g/mol. The van der Waals surface area contributed by atoms with Gasteiger partial charge in [0.1, 0.15) is 0 Å². The van der Waals surface area contributed by atoms with Crippen molar-refractivity contribution >= 4 is 0 Å². The summed E-state index contributed by atoms with van der Waals surface area (Å²) >= 11 is 0. The Kier molecular flexibility index (Phi) is 6.51. The van der Waals surface area contributed by atoms with Crippen molar-refractivity contribution in [1.82, 2.24) is 5.32 Å². The van der Waals surface area contributed by atoms with E-state index in [1.165, 1.54) is 11.1 Å². The molecule has 0 saturated carbocycles. The first-order valence-electron chi connectivity index (χ1n) is 7.76. The van der Waals surface area contributed by atoms with Gasteiger partial charge in [0.05, 0.1) is 19.3 Å². The highest BCUT2D eigenvalue weighted by atomic mass is 16.5. The van der Waals surface area contributed by atoms with Gasteiger partial charge in [0, 0.05) is 19.1 Å². The minimum atomic E-state index is 0.141. The van der Waals surface area contributed by atoms with E-state index >= 15 is 0 Å². The van der Waals surface area contributed by atoms with E-state index < -0.39 is 0 Å². The molecule has 1 saturated heterocycles. The second-order valence-electron chi connectivity index (χ2n) is 5.67. The first kappa shape index (κ1) is 15.5. The second kappa shape index (κ2) is 8.40. The zero-order valence-electron chi connectivity index (χ0n) is 12.7. The summed E-state index contributed by atoms with van der Waals surface area (Å²) in [6, 6.07) is 8.63. The van der Waals surface area contributed by atoms with E-state index in [4.69, 9.17) is 9.47 Å². The van der Waals surface area contributed by atoms with Crippen LogP contribution in [0, 0.1) is 12.8 Å². The molecule has 0 aliphatic carbocycles. The molecule has 1 aliphatic rings. The van der Waals surface area contributed by atoms with Crippen LogP contribution in [-0.2, 0) is 9.47 Å². The molecule has 1 fully saturated rings. The van der Waals surface area contributed by atoms with E-state index in [2.05, 4.69) is 43.4 Å². The molecule has 3 nitrogen and oxygen atoms in total. The zero-order chi connectivity index (χ0) is 14.2. The van der Waals surface area contributed by atoms with Gasteiger partial charge < -0.3 is 14.8 Å². The van der Waals surface area contributed by atoms with Crippen LogP contribution in [-0.4, -0.2) is 32.9 Å². The maximum absolute atomic E-state index is 6.17. The van der Waals surface area contributed by atoms with Crippen molar-refractivity contribution in [1.29, 1.82) is 0 Å². The lowest BCUT2D eigenvalue weighted by Crippen LogP contribution is -2.25. The van der Waals surface area contributed by atoms with Gasteiger partial charge in [0.15, 0.2) is 0 Å². The van der Waals surface area contributed by atoms with Crippen LogP contribution < -0.4 is 5.32 Å². The first-order chi connectivity index (χ1) is 9.79. The van der Waals surface area contributed by atoms with Crippen molar-refractivity contribution in [2.45, 2.75) is 32.8 Å². The minimum absolute atomic E-state index is 0.141. The largest absolute Gasteiger partial charge is 0.381 e. The maximum atomic E-state index is 6.17. The lowest BCUT2D eigenvalue weighted by molar-refractivity contribution is 0.0254. The molecule has 2 unspecified atom stereocenters. The number of nitrogens with one attached hydrogen (secondary N) is 1. The van der Waals surface area contributed by atoms with E-state index in [0.29, 0.717) is 5.92 Å². The third-order valence-electron chi connectivity index (χ3n) is 3.73. The molecule has 0 spiro atoms. The molecule has 2 atom stereocenters. The Bertz CT molecular complexity index is 388. The molecule has 1 aromatic carbocycles. The predicted octanol–water partition coefficient (Wildman–Crippen LogP) is 3.09. The van der Waals surface area contributed by atoms with Crippen molar-refractivity contribution in [3.05, 3.63) is 35.4 Å². The van der Waals surface area contributed by atoms with Crippen molar-refractivity contribution < 1.29 is 9.47 Å². The van der Waals surface area contributed by atoms with Crippen molar-refractivity contribution in [3.8, 4) is 0 Å². The molecule has 0 bridgehead atoms. The number of rotatable bonds is 8. The zero-order valence-corrected chi connectivity index (χ0v) is 12.7. The molecule has 1 N–H and O–H groups in total. The molecule has 20 heavy (non-hydrogen) atoms. The Hall–Kier alpha value is -0.900. The van der Waals surface area contributed by atoms with E-state index in [-0.39, 0.29) is 6.10 Å². The topological polar surface area (TPSA) is 30.5 Å². The van der Waals surface area contributed by atoms with Crippen LogP contribution in [0.5, 0.6) is 0 Å². The van der Waals surface area contributed by atoms with Crippen LogP contribution in [0.25, 0.3) is 0 Å². The monoisotopic (exact) mass is 277 g/mol. The van der Waals surface area contributed by atoms with Crippen LogP contribution >= 0.6 is 0 Å². The summed E-state index contributed by atoms with van der Waals surface area (Å²) in [6.07, 6.45) is 2.42. The summed E-state index contributed by atoms with van der Waals surface area (Å²) in [4.78, 5) is 0. The standard InChI is InChI=1S/C17H27NO2/c1-3-8-18-11-17(16-6-4-5-14(2)10-16)20-13-15-7-9-19-12-15/h4-6,10,15,17-18H,3,7-9,11-13H2,1-2H3. The van der Waals surface area contributed by atoms with Crippen LogP contribution in [0.1, 0.15) is 37.0 Å². The van der Waals surface area contributed by atoms with Gasteiger partial charge in [-0.2, -0.15) is 0 Å². The molecule has 1 heterocycles. The molecule has 0 amide bonds. The van der Waals surface area contributed by atoms with E-state index in [9.17, 15) is 0 Å². The fourth-order valence-electron chi connectivity index (χ4n) is 2.52. The fourth-order valence-corrected chi connectivity index (χ4v) is 2.52. The molecule has 112 valence electrons. The lowest BCUT2D eigenvalue weighted by Gasteiger charge is -2.21. The Morgan fingerprint density at radius 1 is 1.45 bits per heavy atom. The molecular formula is C17H27NO2. The van der Waals surface area contributed by atoms with Gasteiger partial charge in [-0.3, -0.25) is 0 Å². The van der Waals surface area contributed by atoms with Crippen LogP contribution in [0.15, 0.2) is 24.3 Å². The van der Waals surface area contributed by atoms with Gasteiger partial charge in [-0.15, -0.1) is 0 Å². The number of hydrogen-bond acceptors (Lipinski definition) is 3. The predicted molar refractivity (Wildman–Crippen MR) is 82.0 cm³/mol. The third-order valence-corrected chi connectivity index (χ3v) is 3.73. The number of aryl methyl sites for hydroxylation is 1. The van der Waals surface area contributed by atoms with Gasteiger partial charge in [0.2, 0.25) is 0 Å². The highest BCUT2D eigenvalue weighted by Gasteiger charge is 2.19. The maximum Gasteiger partial charge on any atom is 0.0949 e. The summed E-state index contributed by atoms with van der Waals surface area (Å²) in [5.74, 6) is 0.563. The Morgan fingerprint density at radius 2 is 2.35 bits per heavy atom. The normalized spacial score (nSPS) is 20.2. The SMILES string of the molecule is CCCNCC(OCC1CCOC1)c1cccc(C)c1. The molecule has 3 heteroatoms. The highest BCUT2D eigenvalue weighted by molar-refractivity contribution is 5.24. The van der Waals surface area contributed by atoms with Crippen molar-refractivity contribution in [2.75, 3.05) is 32.9 Å². The third kappa shape index (κ3) is 4.89. The summed E-state index contributed by atoms with van der Waals surface area (Å²) in [5.41, 5.74) is 2.56. The Morgan fingerprint density at radius 3 is 3.05 bits per heavy atom. The fraction of sp³-hybridized carbons (Fsp3) is 0.647. The van der Waals surface area contributed by atoms with Crippen LogP contribution in [0.4, 0.5) is 0 Å². The Labute approximate surface area is 122 Å². The molecule has 0 radical (unpaired) electrons. The highest BCUT2D eigenvalue weighted by Crippen LogP contribution is 2.21. The molecule has 0 aromatic heterocycles. The second-order valence-corrected chi connectivity index (χ2v) is 5.67. The first-order valence-corrected chi connectivity index (χ1v) is 7.76. The molecule has 1 aliphatic heterocycles. The van der Waals surface area contributed by atoms with Gasteiger partial charge in [-0.1, -0.05) is 36.8 Å². The van der Waals surface area contributed by atoms with Gasteiger partial charge in [-0.25, -0.2) is 0 Å². The van der Waals surface area contributed by atoms with Crippen molar-refractivity contribution in [3.63, 3.8) is 0 Å². The smallest absolute Gasteiger partial charge is 0.0949 e. The van der Waals surface area contributed by atoms with Gasteiger partial charge >= 0.3 is 0 Å². The van der Waals surface area contributed by atoms with Crippen molar-refractivity contribution in [2.24, 2.45) is 5.92 Å². The van der Waals surface area contributed by atoms with E-state index in [0.717, 1.165) is 45.8 Å². The van der Waals surface area contributed by atoms with E-state index in [1.807, 2.05) is 0 Å². The molecule has 2 rings (SSSR count). The van der Waals surface area contributed by atoms with E-state index in [1.54, 1.807) is 0 Å². The van der Waals surface area contributed by atoms with Crippen LogP contribution in [0.2, 0.25) is 0 Å². The lowest BCUT2D eigenvalue weighted by atomic mass is 10.1. The minimum Gasteiger partial charge on any atom is -0.381 e. The number of ether oxygens (including phenoxy) is 2. The van der Waals surface area contributed by atoms with Gasteiger partial charge in [-0.05, 0) is 31.9 Å².